The van der Waals surface area contributed by atoms with Crippen molar-refractivity contribution in [1.82, 2.24) is 25.1 Å². The molecule has 0 spiro atoms. The lowest BCUT2D eigenvalue weighted by molar-refractivity contribution is -0.112. The number of benzene rings is 3. The first-order chi connectivity index (χ1) is 25.0. The second-order valence-corrected chi connectivity index (χ2v) is 13.3. The third kappa shape index (κ3) is 9.81. The largest absolute Gasteiger partial charge is 0.491 e. The number of carbonyl (C=O) groups excluding carboxylic acids is 1. The Morgan fingerprint density at radius 3 is 2.53 bits per heavy atom. The molecule has 0 radical (unpaired) electrons. The maximum atomic E-state index is 13.8. The second-order valence-electron chi connectivity index (χ2n) is 13.3. The number of aromatic nitrogens is 4. The number of anilines is 2. The molecule has 4 aromatic rings. The number of fused-ring (bicyclic) bond motifs is 1. The van der Waals surface area contributed by atoms with Gasteiger partial charge in [-0.25, -0.2) is 4.68 Å². The molecule has 0 atom stereocenters. The summed E-state index contributed by atoms with van der Waals surface area (Å²) in [7, 11) is 2.18. The average Bonchev–Trinajstić information content (AvgIpc) is 3.54. The molecule has 0 unspecified atom stereocenters. The topological polar surface area (TPSA) is 107 Å². The van der Waals surface area contributed by atoms with Crippen LogP contribution in [0.15, 0.2) is 72.3 Å². The number of unbranched alkanes of at least 4 members (excludes halogenated alkanes) is 1. The van der Waals surface area contributed by atoms with E-state index in [2.05, 4.69) is 87.1 Å². The van der Waals surface area contributed by atoms with Gasteiger partial charge in [0, 0.05) is 62.4 Å². The number of amides is 1. The minimum absolute atomic E-state index is 0.0983. The van der Waals surface area contributed by atoms with E-state index in [4.69, 9.17) is 14.2 Å². The van der Waals surface area contributed by atoms with Crippen LogP contribution in [0.2, 0.25) is 0 Å². The lowest BCUT2D eigenvalue weighted by Gasteiger charge is -2.31. The Bertz CT molecular complexity index is 1730. The second kappa shape index (κ2) is 18.1. The van der Waals surface area contributed by atoms with Crippen LogP contribution in [-0.4, -0.2) is 83.7 Å². The van der Waals surface area contributed by atoms with Crippen molar-refractivity contribution in [3.8, 4) is 16.9 Å². The molecule has 11 heteroatoms. The molecule has 0 aliphatic carbocycles. The zero-order chi connectivity index (χ0) is 35.4. The highest BCUT2D eigenvalue weighted by Gasteiger charge is 2.23. The minimum atomic E-state index is -0.0983. The first-order valence-corrected chi connectivity index (χ1v) is 18.3. The van der Waals surface area contributed by atoms with Gasteiger partial charge < -0.3 is 24.4 Å². The maximum absolute atomic E-state index is 13.8. The highest BCUT2D eigenvalue weighted by atomic mass is 16.5. The zero-order valence-corrected chi connectivity index (χ0v) is 30.2. The highest BCUT2D eigenvalue weighted by Crippen LogP contribution is 2.34. The number of ether oxygens (including phenoxy) is 3. The van der Waals surface area contributed by atoms with E-state index in [9.17, 15) is 4.79 Å². The summed E-state index contributed by atoms with van der Waals surface area (Å²) in [6.45, 7) is 10.4. The van der Waals surface area contributed by atoms with Gasteiger partial charge in [-0.1, -0.05) is 43.7 Å². The van der Waals surface area contributed by atoms with E-state index in [0.29, 0.717) is 45.3 Å². The smallest absolute Gasteiger partial charge is 0.251 e. The fourth-order valence-electron chi connectivity index (χ4n) is 6.63. The highest BCUT2D eigenvalue weighted by molar-refractivity contribution is 6.07. The Balaban J connectivity index is 1.17. The summed E-state index contributed by atoms with van der Waals surface area (Å²) < 4.78 is 18.9. The van der Waals surface area contributed by atoms with Gasteiger partial charge in [-0.15, -0.1) is 5.10 Å². The molecule has 0 bridgehead atoms. The summed E-state index contributed by atoms with van der Waals surface area (Å²) in [6, 6.07) is 23.3. The molecule has 3 aromatic carbocycles. The lowest BCUT2D eigenvalue weighted by atomic mass is 10.00. The predicted octanol–water partition coefficient (Wildman–Crippen LogP) is 6.60. The summed E-state index contributed by atoms with van der Waals surface area (Å²) in [5.41, 5.74) is 6.86. The summed E-state index contributed by atoms with van der Waals surface area (Å²) >= 11 is 0. The van der Waals surface area contributed by atoms with E-state index in [-0.39, 0.29) is 5.91 Å². The van der Waals surface area contributed by atoms with E-state index >= 15 is 0 Å². The Kier molecular flexibility index (Phi) is 12.8. The molecule has 1 N–H and O–H groups in total. The summed E-state index contributed by atoms with van der Waals surface area (Å²) in [4.78, 5) is 18.5. The van der Waals surface area contributed by atoms with Crippen molar-refractivity contribution >= 4 is 23.4 Å². The van der Waals surface area contributed by atoms with Crippen LogP contribution in [0.5, 0.6) is 5.75 Å². The molecule has 1 fully saturated rings. The molecule has 6 rings (SSSR count). The van der Waals surface area contributed by atoms with Gasteiger partial charge in [-0.05, 0) is 115 Å². The molecule has 11 nitrogen and oxygen atoms in total. The van der Waals surface area contributed by atoms with E-state index in [1.165, 1.54) is 5.56 Å². The zero-order valence-electron chi connectivity index (χ0n) is 30.2. The SMILES string of the molecule is CCCCOCCOc1ccc(-c2ccc3c(c2)C=C(C(=O)Nc2ccc(CN(C)C4CCOCC4)cc2)CCN3Cc2nnnn2CC)cc1. The number of hydrogen-bond acceptors (Lipinski definition) is 9. The van der Waals surface area contributed by atoms with Gasteiger partial charge in [0.2, 0.25) is 0 Å². The number of carbonyl (C=O) groups is 1. The van der Waals surface area contributed by atoms with Gasteiger partial charge in [0.05, 0.1) is 13.2 Å². The van der Waals surface area contributed by atoms with Crippen LogP contribution in [0.3, 0.4) is 0 Å². The van der Waals surface area contributed by atoms with Crippen LogP contribution in [0.1, 0.15) is 62.9 Å². The molecule has 1 amide bonds. The molecule has 51 heavy (non-hydrogen) atoms. The molecule has 0 saturated carbocycles. The fourth-order valence-corrected chi connectivity index (χ4v) is 6.63. The normalized spacial score (nSPS) is 15.0. The van der Waals surface area contributed by atoms with Crippen molar-refractivity contribution in [1.29, 1.82) is 0 Å². The molecular formula is C40H51N7O4. The molecule has 2 aliphatic rings. The average molecular weight is 694 g/mol. The Morgan fingerprint density at radius 2 is 1.76 bits per heavy atom. The van der Waals surface area contributed by atoms with Gasteiger partial charge in [0.25, 0.3) is 5.91 Å². The molecule has 1 saturated heterocycles. The van der Waals surface area contributed by atoms with Crippen LogP contribution in [0.25, 0.3) is 17.2 Å². The third-order valence-corrected chi connectivity index (χ3v) is 9.66. The van der Waals surface area contributed by atoms with Crippen LogP contribution >= 0.6 is 0 Å². The number of aryl methyl sites for hydroxylation is 1. The van der Waals surface area contributed by atoms with Gasteiger partial charge >= 0.3 is 0 Å². The molecule has 2 aliphatic heterocycles. The van der Waals surface area contributed by atoms with Crippen molar-refractivity contribution < 1.29 is 19.0 Å². The van der Waals surface area contributed by atoms with Gasteiger partial charge in [0.15, 0.2) is 5.82 Å². The van der Waals surface area contributed by atoms with Crippen LogP contribution < -0.4 is 15.0 Å². The number of tetrazole rings is 1. The number of hydrogen-bond donors (Lipinski definition) is 1. The maximum Gasteiger partial charge on any atom is 0.251 e. The number of nitrogens with zero attached hydrogens (tertiary/aromatic N) is 6. The van der Waals surface area contributed by atoms with Crippen molar-refractivity contribution in [2.45, 2.75) is 71.6 Å². The van der Waals surface area contributed by atoms with Crippen molar-refractivity contribution in [3.63, 3.8) is 0 Å². The van der Waals surface area contributed by atoms with Crippen LogP contribution in [0, 0.1) is 0 Å². The van der Waals surface area contributed by atoms with Crippen LogP contribution in [-0.2, 0) is 33.9 Å². The molecular weight excluding hydrogens is 642 g/mol. The predicted molar refractivity (Wildman–Crippen MR) is 201 cm³/mol. The Labute approximate surface area is 301 Å². The monoisotopic (exact) mass is 693 g/mol. The van der Waals surface area contributed by atoms with Crippen molar-refractivity contribution in [3.05, 3.63) is 89.3 Å². The first kappa shape index (κ1) is 36.2. The summed E-state index contributed by atoms with van der Waals surface area (Å²) in [5, 5.41) is 15.5. The fraction of sp³-hybridized carbons (Fsp3) is 0.450. The minimum Gasteiger partial charge on any atom is -0.491 e. The Morgan fingerprint density at radius 1 is 0.980 bits per heavy atom. The van der Waals surface area contributed by atoms with E-state index in [1.54, 1.807) is 0 Å². The third-order valence-electron chi connectivity index (χ3n) is 9.66. The molecule has 3 heterocycles. The van der Waals surface area contributed by atoms with Gasteiger partial charge in [-0.3, -0.25) is 9.69 Å². The van der Waals surface area contributed by atoms with Crippen molar-refractivity contribution in [2.24, 2.45) is 0 Å². The standard InChI is InChI=1S/C40H51N7O4/c1-4-6-21-49-24-25-51-37-14-9-31(10-15-37)32-11-16-38-34(26-32)27-33(17-20-46(38)29-39-42-43-44-47(39)5-2)40(48)41-35-12-7-30(8-13-35)28-45(3)36-18-22-50-23-19-36/h7-16,26-27,36H,4-6,17-25,28-29H2,1-3H3,(H,41,48). The van der Waals surface area contributed by atoms with Crippen LogP contribution in [0.4, 0.5) is 11.4 Å². The molecule has 270 valence electrons. The Hall–Kier alpha value is -4.58. The van der Waals surface area contributed by atoms with E-state index in [1.807, 2.05) is 41.9 Å². The summed E-state index contributed by atoms with van der Waals surface area (Å²) in [6.07, 6.45) is 6.92. The van der Waals surface area contributed by atoms with Gasteiger partial charge in [-0.2, -0.15) is 0 Å². The molecule has 1 aromatic heterocycles. The lowest BCUT2D eigenvalue weighted by Crippen LogP contribution is -2.36. The quantitative estimate of drug-likeness (QED) is 0.130. The summed E-state index contributed by atoms with van der Waals surface area (Å²) in [5.74, 6) is 1.50. The first-order valence-electron chi connectivity index (χ1n) is 18.3. The van der Waals surface area contributed by atoms with E-state index < -0.39 is 0 Å². The van der Waals surface area contributed by atoms with E-state index in [0.717, 1.165) is 97.3 Å². The van der Waals surface area contributed by atoms with Gasteiger partial charge in [0.1, 0.15) is 12.4 Å². The number of rotatable bonds is 16. The van der Waals surface area contributed by atoms with Crippen molar-refractivity contribution in [2.75, 3.05) is 56.8 Å². The number of nitrogens with one attached hydrogen (secondary N) is 1.